The van der Waals surface area contributed by atoms with Gasteiger partial charge in [-0.1, -0.05) is 0 Å². The Morgan fingerprint density at radius 3 is 2.63 bits per heavy atom. The van der Waals surface area contributed by atoms with Crippen LogP contribution < -0.4 is 10.1 Å². The van der Waals surface area contributed by atoms with Crippen molar-refractivity contribution in [3.8, 4) is 5.75 Å². The molecule has 19 heavy (non-hydrogen) atoms. The lowest BCUT2D eigenvalue weighted by Crippen LogP contribution is -2.22. The molecule has 0 unspecified atom stereocenters. The highest BCUT2D eigenvalue weighted by Crippen LogP contribution is 2.14. The number of hydrogen-bond donors (Lipinski definition) is 1. The standard InChI is InChI=1S/C14H21F2NO2/c1-2-18-9-4-3-7-17-8-10-19-12-5-6-13(15)14(16)11-12/h5-6,11,17H,2-4,7-10H2,1H3. The summed E-state index contributed by atoms with van der Waals surface area (Å²) in [5.74, 6) is -1.40. The molecule has 1 N–H and O–H groups in total. The van der Waals surface area contributed by atoms with E-state index in [9.17, 15) is 8.78 Å². The predicted octanol–water partition coefficient (Wildman–Crippen LogP) is 2.75. The van der Waals surface area contributed by atoms with Crippen molar-refractivity contribution in [2.24, 2.45) is 0 Å². The lowest BCUT2D eigenvalue weighted by atomic mass is 10.3. The quantitative estimate of drug-likeness (QED) is 0.665. The minimum atomic E-state index is -0.888. The molecule has 108 valence electrons. The van der Waals surface area contributed by atoms with E-state index in [0.29, 0.717) is 18.9 Å². The Morgan fingerprint density at radius 2 is 1.89 bits per heavy atom. The van der Waals surface area contributed by atoms with Crippen molar-refractivity contribution in [3.05, 3.63) is 29.8 Å². The third-order valence-corrected chi connectivity index (χ3v) is 2.53. The van der Waals surface area contributed by atoms with Crippen molar-refractivity contribution in [3.63, 3.8) is 0 Å². The molecule has 0 radical (unpaired) electrons. The molecule has 1 aromatic carbocycles. The van der Waals surface area contributed by atoms with Crippen LogP contribution in [0.2, 0.25) is 0 Å². The molecule has 0 aliphatic carbocycles. The van der Waals surface area contributed by atoms with Crippen molar-refractivity contribution in [2.75, 3.05) is 32.9 Å². The number of unbranched alkanes of at least 4 members (excludes halogenated alkanes) is 1. The highest BCUT2D eigenvalue weighted by atomic mass is 19.2. The van der Waals surface area contributed by atoms with E-state index in [1.54, 1.807) is 0 Å². The largest absolute Gasteiger partial charge is 0.492 e. The fourth-order valence-electron chi connectivity index (χ4n) is 1.53. The Kier molecular flexibility index (Phi) is 8.09. The second-order valence-electron chi connectivity index (χ2n) is 4.08. The van der Waals surface area contributed by atoms with E-state index in [-0.39, 0.29) is 0 Å². The van der Waals surface area contributed by atoms with Crippen molar-refractivity contribution in [1.29, 1.82) is 0 Å². The maximum Gasteiger partial charge on any atom is 0.162 e. The first-order valence-corrected chi connectivity index (χ1v) is 6.60. The van der Waals surface area contributed by atoms with E-state index in [1.807, 2.05) is 6.92 Å². The summed E-state index contributed by atoms with van der Waals surface area (Å²) >= 11 is 0. The zero-order valence-corrected chi connectivity index (χ0v) is 11.3. The molecule has 3 nitrogen and oxygen atoms in total. The fraction of sp³-hybridized carbons (Fsp3) is 0.571. The van der Waals surface area contributed by atoms with Gasteiger partial charge in [-0.2, -0.15) is 0 Å². The Balaban J connectivity index is 2.00. The van der Waals surface area contributed by atoms with Gasteiger partial charge >= 0.3 is 0 Å². The lowest BCUT2D eigenvalue weighted by Gasteiger charge is -2.08. The fourth-order valence-corrected chi connectivity index (χ4v) is 1.53. The third kappa shape index (κ3) is 7.08. The van der Waals surface area contributed by atoms with Crippen LogP contribution in [0.4, 0.5) is 8.78 Å². The number of ether oxygens (including phenoxy) is 2. The van der Waals surface area contributed by atoms with E-state index >= 15 is 0 Å². The molecule has 0 aromatic heterocycles. The topological polar surface area (TPSA) is 30.5 Å². The smallest absolute Gasteiger partial charge is 0.162 e. The summed E-state index contributed by atoms with van der Waals surface area (Å²) in [7, 11) is 0. The average molecular weight is 273 g/mol. The third-order valence-electron chi connectivity index (χ3n) is 2.53. The van der Waals surface area contributed by atoms with E-state index in [4.69, 9.17) is 9.47 Å². The molecule has 0 saturated carbocycles. The maximum absolute atomic E-state index is 12.9. The van der Waals surface area contributed by atoms with Crippen LogP contribution in [0.1, 0.15) is 19.8 Å². The highest BCUT2D eigenvalue weighted by molar-refractivity contribution is 5.23. The number of hydrogen-bond acceptors (Lipinski definition) is 3. The first kappa shape index (κ1) is 15.9. The van der Waals surface area contributed by atoms with Crippen molar-refractivity contribution in [2.45, 2.75) is 19.8 Å². The minimum Gasteiger partial charge on any atom is -0.492 e. The molecular formula is C14H21F2NO2. The number of halogens is 2. The van der Waals surface area contributed by atoms with Gasteiger partial charge in [-0.3, -0.25) is 0 Å². The summed E-state index contributed by atoms with van der Waals surface area (Å²) in [6.45, 7) is 5.53. The van der Waals surface area contributed by atoms with Gasteiger partial charge in [0.1, 0.15) is 12.4 Å². The van der Waals surface area contributed by atoms with Gasteiger partial charge in [-0.15, -0.1) is 0 Å². The van der Waals surface area contributed by atoms with E-state index in [0.717, 1.165) is 44.7 Å². The molecule has 5 heteroatoms. The molecule has 0 aliphatic heterocycles. The molecule has 1 aromatic rings. The Morgan fingerprint density at radius 1 is 1.05 bits per heavy atom. The van der Waals surface area contributed by atoms with Crippen LogP contribution in [-0.4, -0.2) is 32.9 Å². The van der Waals surface area contributed by atoms with Crippen LogP contribution in [0.25, 0.3) is 0 Å². The monoisotopic (exact) mass is 273 g/mol. The van der Waals surface area contributed by atoms with Gasteiger partial charge in [-0.25, -0.2) is 8.78 Å². The SMILES string of the molecule is CCOCCCCNCCOc1ccc(F)c(F)c1. The first-order chi connectivity index (χ1) is 9.24. The lowest BCUT2D eigenvalue weighted by molar-refractivity contribution is 0.143. The van der Waals surface area contributed by atoms with Crippen LogP contribution in [-0.2, 0) is 4.74 Å². The molecule has 0 atom stereocenters. The van der Waals surface area contributed by atoms with Gasteiger partial charge in [0.15, 0.2) is 11.6 Å². The van der Waals surface area contributed by atoms with Crippen LogP contribution >= 0.6 is 0 Å². The number of benzene rings is 1. The van der Waals surface area contributed by atoms with Gasteiger partial charge in [0.05, 0.1) is 0 Å². The van der Waals surface area contributed by atoms with Crippen molar-refractivity contribution >= 4 is 0 Å². The Bertz CT molecular complexity index is 361. The van der Waals surface area contributed by atoms with E-state index in [2.05, 4.69) is 5.32 Å². The molecule has 0 fully saturated rings. The van der Waals surface area contributed by atoms with Crippen LogP contribution in [0.15, 0.2) is 18.2 Å². The average Bonchev–Trinajstić information content (AvgIpc) is 2.41. The Labute approximate surface area is 112 Å². The maximum atomic E-state index is 12.9. The molecule has 0 bridgehead atoms. The summed E-state index contributed by atoms with van der Waals surface area (Å²) in [6.07, 6.45) is 2.08. The Hall–Kier alpha value is -1.20. The minimum absolute atomic E-state index is 0.344. The molecule has 0 spiro atoms. The van der Waals surface area contributed by atoms with Gasteiger partial charge in [-0.05, 0) is 38.4 Å². The molecule has 1 rings (SSSR count). The summed E-state index contributed by atoms with van der Waals surface area (Å²) in [5.41, 5.74) is 0. The highest BCUT2D eigenvalue weighted by Gasteiger charge is 2.02. The molecular weight excluding hydrogens is 252 g/mol. The van der Waals surface area contributed by atoms with Gasteiger partial charge in [0.2, 0.25) is 0 Å². The molecule has 0 aliphatic rings. The van der Waals surface area contributed by atoms with Crippen LogP contribution in [0, 0.1) is 11.6 Å². The summed E-state index contributed by atoms with van der Waals surface area (Å²) in [6, 6.07) is 3.53. The number of nitrogens with one attached hydrogen (secondary N) is 1. The van der Waals surface area contributed by atoms with Gasteiger partial charge < -0.3 is 14.8 Å². The molecule has 0 heterocycles. The zero-order chi connectivity index (χ0) is 13.9. The van der Waals surface area contributed by atoms with E-state index in [1.165, 1.54) is 6.07 Å². The normalized spacial score (nSPS) is 10.7. The zero-order valence-electron chi connectivity index (χ0n) is 11.3. The van der Waals surface area contributed by atoms with Crippen LogP contribution in [0.3, 0.4) is 0 Å². The summed E-state index contributed by atoms with van der Waals surface area (Å²) in [5, 5.41) is 3.21. The van der Waals surface area contributed by atoms with Crippen LogP contribution in [0.5, 0.6) is 5.75 Å². The molecule has 0 saturated heterocycles. The van der Waals surface area contributed by atoms with Crippen molar-refractivity contribution in [1.82, 2.24) is 5.32 Å². The van der Waals surface area contributed by atoms with Gasteiger partial charge in [0, 0.05) is 25.8 Å². The van der Waals surface area contributed by atoms with E-state index < -0.39 is 11.6 Å². The second-order valence-corrected chi connectivity index (χ2v) is 4.08. The summed E-state index contributed by atoms with van der Waals surface area (Å²) < 4.78 is 36.1. The first-order valence-electron chi connectivity index (χ1n) is 6.60. The summed E-state index contributed by atoms with van der Waals surface area (Å²) in [4.78, 5) is 0. The molecule has 0 amide bonds. The number of rotatable bonds is 10. The second kappa shape index (κ2) is 9.69. The van der Waals surface area contributed by atoms with Gasteiger partial charge in [0.25, 0.3) is 0 Å². The van der Waals surface area contributed by atoms with Crippen molar-refractivity contribution < 1.29 is 18.3 Å². The predicted molar refractivity (Wildman–Crippen MR) is 70.4 cm³/mol.